The normalized spacial score (nSPS) is 18.9. The smallest absolute Gasteiger partial charge is 0.0944 e. The molecule has 0 aromatic heterocycles. The van der Waals surface area contributed by atoms with Crippen molar-refractivity contribution in [3.05, 3.63) is 36.0 Å². The average molecular weight is 202 g/mol. The molecule has 0 N–H and O–H groups in total. The van der Waals surface area contributed by atoms with Crippen molar-refractivity contribution in [1.82, 2.24) is 4.90 Å². The van der Waals surface area contributed by atoms with E-state index in [1.165, 1.54) is 31.5 Å². The molecule has 0 saturated carbocycles. The second-order valence-electron chi connectivity index (χ2n) is 3.90. The fourth-order valence-electron chi connectivity index (χ4n) is 1.81. The van der Waals surface area contributed by atoms with Crippen LogP contribution < -0.4 is 0 Å². The van der Waals surface area contributed by atoms with Crippen LogP contribution in [0.25, 0.3) is 0 Å². The highest BCUT2D eigenvalue weighted by Crippen LogP contribution is 2.12. The van der Waals surface area contributed by atoms with Crippen LogP contribution in [0.2, 0.25) is 0 Å². The minimum atomic E-state index is 0.752. The number of nitriles is 1. The highest BCUT2D eigenvalue weighted by molar-refractivity contribution is 5.33. The summed E-state index contributed by atoms with van der Waals surface area (Å²) in [6, 6.07) is 2.15. The summed E-state index contributed by atoms with van der Waals surface area (Å²) >= 11 is 0. The van der Waals surface area contributed by atoms with Gasteiger partial charge in [0.05, 0.1) is 6.07 Å². The largest absolute Gasteiger partial charge is 0.299 e. The lowest BCUT2D eigenvalue weighted by atomic mass is 10.1. The molecule has 0 aromatic carbocycles. The topological polar surface area (TPSA) is 27.0 Å². The predicted octanol–water partition coefficient (Wildman–Crippen LogP) is 2.66. The van der Waals surface area contributed by atoms with Crippen LogP contribution in [0.15, 0.2) is 36.0 Å². The van der Waals surface area contributed by atoms with E-state index in [0.717, 1.165) is 12.1 Å². The Morgan fingerprint density at radius 3 is 2.67 bits per heavy atom. The molecule has 1 aliphatic rings. The Bertz CT molecular complexity index is 312. The van der Waals surface area contributed by atoms with Crippen molar-refractivity contribution < 1.29 is 0 Å². The van der Waals surface area contributed by atoms with Crippen LogP contribution in [-0.4, -0.2) is 24.5 Å². The first kappa shape index (κ1) is 11.7. The van der Waals surface area contributed by atoms with Gasteiger partial charge in [0.1, 0.15) is 0 Å². The summed E-state index contributed by atoms with van der Waals surface area (Å²) in [5.41, 5.74) is 1.92. The minimum absolute atomic E-state index is 0.752. The zero-order chi connectivity index (χ0) is 11.1. The second-order valence-corrected chi connectivity index (χ2v) is 3.90. The molecule has 1 fully saturated rings. The summed E-state index contributed by atoms with van der Waals surface area (Å²) < 4.78 is 0. The fourth-order valence-corrected chi connectivity index (χ4v) is 1.81. The zero-order valence-electron chi connectivity index (χ0n) is 9.37. The molecule has 0 radical (unpaired) electrons. The molecule has 0 aromatic rings. The Morgan fingerprint density at radius 1 is 1.47 bits per heavy atom. The Labute approximate surface area is 92.2 Å². The fraction of sp³-hybridized carbons (Fsp3) is 0.462. The van der Waals surface area contributed by atoms with E-state index in [4.69, 9.17) is 5.26 Å². The van der Waals surface area contributed by atoms with Crippen molar-refractivity contribution in [2.75, 3.05) is 19.6 Å². The Balaban J connectivity index is 2.63. The number of rotatable bonds is 4. The maximum Gasteiger partial charge on any atom is 0.0944 e. The van der Waals surface area contributed by atoms with E-state index < -0.39 is 0 Å². The van der Waals surface area contributed by atoms with Crippen LogP contribution in [-0.2, 0) is 0 Å². The Kier molecular flexibility index (Phi) is 4.86. The number of likely N-dealkylation sites (tertiary alicyclic amines) is 1. The van der Waals surface area contributed by atoms with Crippen LogP contribution in [0.5, 0.6) is 0 Å². The predicted molar refractivity (Wildman–Crippen MR) is 63.3 cm³/mol. The van der Waals surface area contributed by atoms with E-state index in [-0.39, 0.29) is 0 Å². The third-order valence-corrected chi connectivity index (χ3v) is 2.52. The molecule has 80 valence electrons. The van der Waals surface area contributed by atoms with E-state index in [1.807, 2.05) is 19.1 Å². The minimum Gasteiger partial charge on any atom is -0.299 e. The zero-order valence-corrected chi connectivity index (χ0v) is 9.37. The molecule has 0 atom stereocenters. The van der Waals surface area contributed by atoms with Crippen molar-refractivity contribution in [2.24, 2.45) is 0 Å². The second kappa shape index (κ2) is 6.21. The number of hydrogen-bond donors (Lipinski definition) is 0. The molecule has 0 spiro atoms. The highest BCUT2D eigenvalue weighted by Gasteiger charge is 2.11. The molecule has 1 saturated heterocycles. The van der Waals surface area contributed by atoms with Gasteiger partial charge in [0.2, 0.25) is 0 Å². The lowest BCUT2D eigenvalue weighted by molar-refractivity contribution is 0.371. The first-order valence-corrected chi connectivity index (χ1v) is 5.38. The lowest BCUT2D eigenvalue weighted by Gasteiger charge is -2.14. The van der Waals surface area contributed by atoms with Crippen LogP contribution in [0, 0.1) is 11.3 Å². The van der Waals surface area contributed by atoms with Gasteiger partial charge in [-0.1, -0.05) is 18.7 Å². The van der Waals surface area contributed by atoms with Crippen LogP contribution in [0.4, 0.5) is 0 Å². The molecule has 1 heterocycles. The van der Waals surface area contributed by atoms with E-state index in [9.17, 15) is 0 Å². The number of nitrogens with zero attached hydrogens (tertiary/aromatic N) is 2. The molecule has 0 aliphatic carbocycles. The van der Waals surface area contributed by atoms with E-state index in [1.54, 1.807) is 6.08 Å². The summed E-state index contributed by atoms with van der Waals surface area (Å²) in [6.07, 6.45) is 8.30. The molecule has 2 nitrogen and oxygen atoms in total. The molecule has 15 heavy (non-hydrogen) atoms. The first-order chi connectivity index (χ1) is 7.26. The molecule has 2 heteroatoms. The maximum atomic E-state index is 8.73. The monoisotopic (exact) mass is 202 g/mol. The molecule has 1 aliphatic heterocycles. The van der Waals surface area contributed by atoms with E-state index in [0.29, 0.717) is 0 Å². The van der Waals surface area contributed by atoms with Gasteiger partial charge in [-0.3, -0.25) is 4.90 Å². The van der Waals surface area contributed by atoms with Crippen molar-refractivity contribution in [2.45, 2.75) is 19.8 Å². The van der Waals surface area contributed by atoms with Gasteiger partial charge in [-0.05, 0) is 44.5 Å². The van der Waals surface area contributed by atoms with Crippen LogP contribution in [0.1, 0.15) is 19.8 Å². The average Bonchev–Trinajstić information content (AvgIpc) is 2.70. The van der Waals surface area contributed by atoms with Crippen molar-refractivity contribution in [3.8, 4) is 6.07 Å². The van der Waals surface area contributed by atoms with Gasteiger partial charge in [0.25, 0.3) is 0 Å². The quantitative estimate of drug-likeness (QED) is 0.517. The molecular formula is C13H18N2. The van der Waals surface area contributed by atoms with E-state index in [2.05, 4.69) is 17.5 Å². The van der Waals surface area contributed by atoms with Gasteiger partial charge in [-0.15, -0.1) is 0 Å². The van der Waals surface area contributed by atoms with Gasteiger partial charge in [-0.2, -0.15) is 5.26 Å². The lowest BCUT2D eigenvalue weighted by Crippen LogP contribution is -2.21. The Morgan fingerprint density at radius 2 is 2.13 bits per heavy atom. The highest BCUT2D eigenvalue weighted by atomic mass is 15.1. The van der Waals surface area contributed by atoms with Gasteiger partial charge in [0.15, 0.2) is 0 Å². The van der Waals surface area contributed by atoms with Crippen LogP contribution >= 0.6 is 0 Å². The summed E-state index contributed by atoms with van der Waals surface area (Å²) in [5, 5.41) is 8.73. The summed E-state index contributed by atoms with van der Waals surface area (Å²) in [5.74, 6) is 0. The number of allylic oxidation sites excluding steroid dienone is 3. The van der Waals surface area contributed by atoms with Gasteiger partial charge in [0, 0.05) is 12.1 Å². The molecule has 0 amide bonds. The first-order valence-electron chi connectivity index (χ1n) is 5.38. The van der Waals surface area contributed by atoms with Gasteiger partial charge >= 0.3 is 0 Å². The van der Waals surface area contributed by atoms with Crippen LogP contribution in [0.3, 0.4) is 0 Å². The standard InChI is InChI=1S/C13H18N2/c1-3-6-13(9-12(2)10-14)11-15-7-4-5-8-15/h3,6,9H,1,4-5,7-8,11H2,2H3/b12-9+,13-6+. The van der Waals surface area contributed by atoms with Gasteiger partial charge < -0.3 is 0 Å². The third-order valence-electron chi connectivity index (χ3n) is 2.52. The third kappa shape index (κ3) is 4.14. The SMILES string of the molecule is C=C/C=C(\C=C(/C)C#N)CN1CCCC1. The van der Waals surface area contributed by atoms with Gasteiger partial charge in [-0.25, -0.2) is 0 Å². The molecule has 0 bridgehead atoms. The van der Waals surface area contributed by atoms with E-state index >= 15 is 0 Å². The van der Waals surface area contributed by atoms with Crippen molar-refractivity contribution in [1.29, 1.82) is 5.26 Å². The summed E-state index contributed by atoms with van der Waals surface area (Å²) in [7, 11) is 0. The number of hydrogen-bond acceptors (Lipinski definition) is 2. The molecular weight excluding hydrogens is 184 g/mol. The summed E-state index contributed by atoms with van der Waals surface area (Å²) in [4.78, 5) is 2.41. The van der Waals surface area contributed by atoms with Crippen molar-refractivity contribution >= 4 is 0 Å². The maximum absolute atomic E-state index is 8.73. The van der Waals surface area contributed by atoms with Crippen molar-refractivity contribution in [3.63, 3.8) is 0 Å². The summed E-state index contributed by atoms with van der Waals surface area (Å²) in [6.45, 7) is 8.82. The molecule has 1 rings (SSSR count). The molecule has 0 unspecified atom stereocenters. The Hall–Kier alpha value is -1.33.